The number of carbonyl (C=O) groups excluding carboxylic acids is 1. The van der Waals surface area contributed by atoms with Crippen LogP contribution in [0.3, 0.4) is 0 Å². The Labute approximate surface area is 91.1 Å². The van der Waals surface area contributed by atoms with Crippen LogP contribution in [0.25, 0.3) is 0 Å². The fourth-order valence-corrected chi connectivity index (χ4v) is 1.13. The summed E-state index contributed by atoms with van der Waals surface area (Å²) in [5.41, 5.74) is -1.05. The van der Waals surface area contributed by atoms with Crippen molar-refractivity contribution >= 4 is 11.6 Å². The Morgan fingerprint density at radius 1 is 1.62 bits per heavy atom. The van der Waals surface area contributed by atoms with Crippen LogP contribution < -0.4 is 0 Å². The Kier molecular flexibility index (Phi) is 3.15. The van der Waals surface area contributed by atoms with Crippen molar-refractivity contribution in [1.82, 2.24) is 9.88 Å². The van der Waals surface area contributed by atoms with Gasteiger partial charge in [0.05, 0.1) is 4.92 Å². The molecule has 0 spiro atoms. The number of hydrogen-bond donors (Lipinski definition) is 0. The fourth-order valence-electron chi connectivity index (χ4n) is 1.13. The van der Waals surface area contributed by atoms with Gasteiger partial charge in [0, 0.05) is 20.3 Å². The zero-order valence-corrected chi connectivity index (χ0v) is 8.67. The Morgan fingerprint density at radius 2 is 2.25 bits per heavy atom. The van der Waals surface area contributed by atoms with Gasteiger partial charge >= 0.3 is 5.69 Å². The second kappa shape index (κ2) is 4.35. The highest BCUT2D eigenvalue weighted by atomic mass is 16.6. The molecule has 0 aromatic carbocycles. The first-order chi connectivity index (χ1) is 7.49. The fraction of sp³-hybridized carbons (Fsp3) is 0.222. The highest BCUT2D eigenvalue weighted by molar-refractivity contribution is 5.98. The van der Waals surface area contributed by atoms with Crippen LogP contribution in [-0.2, 0) is 0 Å². The monoisotopic (exact) mass is 220 g/mol. The summed E-state index contributed by atoms with van der Waals surface area (Å²) in [5, 5.41) is 19.4. The van der Waals surface area contributed by atoms with E-state index in [-0.39, 0.29) is 11.3 Å². The van der Waals surface area contributed by atoms with E-state index in [1.807, 2.05) is 0 Å². The standard InChI is InChI=1S/C9H8N4O3/c1-12(2)9(14)6-3-4-11-7(5-10)8(6)13(15)16/h3-4H,1-2H3. The lowest BCUT2D eigenvalue weighted by Crippen LogP contribution is -2.23. The second-order valence-corrected chi connectivity index (χ2v) is 3.12. The molecule has 7 heteroatoms. The van der Waals surface area contributed by atoms with Crippen LogP contribution in [0.5, 0.6) is 0 Å². The normalized spacial score (nSPS) is 9.31. The summed E-state index contributed by atoms with van der Waals surface area (Å²) in [4.78, 5) is 26.4. The molecule has 0 aliphatic heterocycles. The predicted molar refractivity (Wildman–Crippen MR) is 53.6 cm³/mol. The first kappa shape index (κ1) is 11.6. The lowest BCUT2D eigenvalue weighted by atomic mass is 10.1. The van der Waals surface area contributed by atoms with Crippen molar-refractivity contribution in [3.63, 3.8) is 0 Å². The van der Waals surface area contributed by atoms with E-state index < -0.39 is 16.5 Å². The molecule has 0 saturated heterocycles. The minimum Gasteiger partial charge on any atom is -0.345 e. The highest BCUT2D eigenvalue weighted by Gasteiger charge is 2.26. The van der Waals surface area contributed by atoms with E-state index in [2.05, 4.69) is 4.98 Å². The number of nitro groups is 1. The van der Waals surface area contributed by atoms with Gasteiger partial charge in [-0.3, -0.25) is 14.9 Å². The first-order valence-corrected chi connectivity index (χ1v) is 4.24. The molecule has 0 aliphatic carbocycles. The van der Waals surface area contributed by atoms with E-state index in [9.17, 15) is 14.9 Å². The van der Waals surface area contributed by atoms with E-state index in [1.165, 1.54) is 31.3 Å². The zero-order valence-electron chi connectivity index (χ0n) is 8.67. The minimum atomic E-state index is -0.776. The molecule has 0 fully saturated rings. The smallest absolute Gasteiger partial charge is 0.318 e. The van der Waals surface area contributed by atoms with Crippen molar-refractivity contribution in [2.75, 3.05) is 14.1 Å². The Bertz CT molecular complexity index is 490. The van der Waals surface area contributed by atoms with E-state index >= 15 is 0 Å². The van der Waals surface area contributed by atoms with Gasteiger partial charge in [0.1, 0.15) is 11.6 Å². The summed E-state index contributed by atoms with van der Waals surface area (Å²) in [6.45, 7) is 0. The maximum absolute atomic E-state index is 11.6. The van der Waals surface area contributed by atoms with Crippen LogP contribution >= 0.6 is 0 Å². The van der Waals surface area contributed by atoms with Crippen LogP contribution in [-0.4, -0.2) is 34.8 Å². The van der Waals surface area contributed by atoms with Gasteiger partial charge in [-0.15, -0.1) is 0 Å². The van der Waals surface area contributed by atoms with Crippen molar-refractivity contribution in [3.05, 3.63) is 33.6 Å². The highest BCUT2D eigenvalue weighted by Crippen LogP contribution is 2.22. The van der Waals surface area contributed by atoms with Gasteiger partial charge in [-0.05, 0) is 6.07 Å². The number of pyridine rings is 1. The van der Waals surface area contributed by atoms with Crippen molar-refractivity contribution in [3.8, 4) is 6.07 Å². The maximum atomic E-state index is 11.6. The molecular formula is C9H8N4O3. The van der Waals surface area contributed by atoms with Crippen LogP contribution in [0.4, 0.5) is 5.69 Å². The lowest BCUT2D eigenvalue weighted by Gasteiger charge is -2.10. The molecule has 0 N–H and O–H groups in total. The maximum Gasteiger partial charge on any atom is 0.318 e. The van der Waals surface area contributed by atoms with E-state index in [1.54, 1.807) is 6.07 Å². The molecule has 1 rings (SSSR count). The van der Waals surface area contributed by atoms with E-state index in [4.69, 9.17) is 5.26 Å². The van der Waals surface area contributed by atoms with Gasteiger partial charge in [-0.1, -0.05) is 0 Å². The van der Waals surface area contributed by atoms with Gasteiger partial charge in [-0.25, -0.2) is 4.98 Å². The largest absolute Gasteiger partial charge is 0.345 e. The van der Waals surface area contributed by atoms with Gasteiger partial charge in [0.15, 0.2) is 0 Å². The minimum absolute atomic E-state index is 0.137. The number of hydrogen-bond acceptors (Lipinski definition) is 5. The third-order valence-electron chi connectivity index (χ3n) is 1.85. The average molecular weight is 220 g/mol. The first-order valence-electron chi connectivity index (χ1n) is 4.24. The third-order valence-corrected chi connectivity index (χ3v) is 1.85. The molecule has 1 aromatic heterocycles. The topological polar surface area (TPSA) is 100 Å². The molecule has 0 aliphatic rings. The van der Waals surface area contributed by atoms with Crippen LogP contribution in [0.1, 0.15) is 16.1 Å². The van der Waals surface area contributed by atoms with Crippen LogP contribution in [0.2, 0.25) is 0 Å². The number of aromatic nitrogens is 1. The Morgan fingerprint density at radius 3 is 2.69 bits per heavy atom. The van der Waals surface area contributed by atoms with E-state index in [0.717, 1.165) is 0 Å². The number of amides is 1. The number of carbonyl (C=O) groups is 1. The third kappa shape index (κ3) is 1.95. The van der Waals surface area contributed by atoms with Crippen LogP contribution in [0.15, 0.2) is 12.3 Å². The zero-order chi connectivity index (χ0) is 12.3. The Balaban J connectivity index is 3.46. The summed E-state index contributed by atoms with van der Waals surface area (Å²) in [6, 6.07) is 2.81. The summed E-state index contributed by atoms with van der Waals surface area (Å²) in [6.07, 6.45) is 1.20. The number of nitrogens with zero attached hydrogens (tertiary/aromatic N) is 4. The number of nitriles is 1. The van der Waals surface area contributed by atoms with Gasteiger partial charge in [-0.2, -0.15) is 5.26 Å². The molecule has 0 unspecified atom stereocenters. The van der Waals surface area contributed by atoms with Crippen molar-refractivity contribution in [2.45, 2.75) is 0 Å². The molecule has 1 amide bonds. The molecule has 82 valence electrons. The quantitative estimate of drug-likeness (QED) is 0.535. The van der Waals surface area contributed by atoms with Gasteiger partial charge in [0.25, 0.3) is 5.91 Å². The van der Waals surface area contributed by atoms with Gasteiger partial charge in [0.2, 0.25) is 5.69 Å². The van der Waals surface area contributed by atoms with Crippen molar-refractivity contribution < 1.29 is 9.72 Å². The molecule has 1 heterocycles. The molecule has 0 atom stereocenters. The van der Waals surface area contributed by atoms with Crippen LogP contribution in [0, 0.1) is 21.4 Å². The Hall–Kier alpha value is -2.49. The SMILES string of the molecule is CN(C)C(=O)c1ccnc(C#N)c1[N+](=O)[O-]. The lowest BCUT2D eigenvalue weighted by molar-refractivity contribution is -0.385. The van der Waals surface area contributed by atoms with Gasteiger partial charge < -0.3 is 4.90 Å². The molecule has 1 aromatic rings. The molecule has 7 nitrogen and oxygen atoms in total. The molecule has 0 radical (unpaired) electrons. The molecular weight excluding hydrogens is 212 g/mol. The van der Waals surface area contributed by atoms with Crippen molar-refractivity contribution in [1.29, 1.82) is 5.26 Å². The molecule has 0 saturated carbocycles. The summed E-state index contributed by atoms with van der Waals surface area (Å²) in [7, 11) is 2.94. The summed E-state index contributed by atoms with van der Waals surface area (Å²) in [5.74, 6) is -0.536. The summed E-state index contributed by atoms with van der Waals surface area (Å²) < 4.78 is 0. The second-order valence-electron chi connectivity index (χ2n) is 3.12. The van der Waals surface area contributed by atoms with E-state index in [0.29, 0.717) is 0 Å². The average Bonchev–Trinajstić information content (AvgIpc) is 2.26. The number of rotatable bonds is 2. The molecule has 0 bridgehead atoms. The summed E-state index contributed by atoms with van der Waals surface area (Å²) >= 11 is 0. The predicted octanol–water partition coefficient (Wildman–Crippen LogP) is 0.563. The molecule has 16 heavy (non-hydrogen) atoms. The van der Waals surface area contributed by atoms with Crippen molar-refractivity contribution in [2.24, 2.45) is 0 Å².